The molecule has 0 aromatic carbocycles. The minimum Gasteiger partial charge on any atom is -0.383 e. The second-order valence-electron chi connectivity index (χ2n) is 2.45. The van der Waals surface area contributed by atoms with Crippen molar-refractivity contribution in [2.24, 2.45) is 5.73 Å². The molecule has 0 radical (unpaired) electrons. The van der Waals surface area contributed by atoms with E-state index in [-0.39, 0.29) is 13.1 Å². The van der Waals surface area contributed by atoms with Crippen LogP contribution in [0.2, 0.25) is 0 Å². The van der Waals surface area contributed by atoms with Gasteiger partial charge in [-0.3, -0.25) is 0 Å². The summed E-state index contributed by atoms with van der Waals surface area (Å²) in [5.41, 5.74) is 5.18. The number of methoxy groups -OCH3 is 1. The van der Waals surface area contributed by atoms with Crippen LogP contribution in [0.1, 0.15) is 0 Å². The molecule has 0 unspecified atom stereocenters. The zero-order chi connectivity index (χ0) is 10.9. The molecule has 84 valence electrons. The van der Waals surface area contributed by atoms with Gasteiger partial charge in [0.15, 0.2) is 0 Å². The number of nitrogens with two attached hydrogens (primary N) is 1. The summed E-state index contributed by atoms with van der Waals surface area (Å²) >= 11 is 0. The molecule has 0 aliphatic carbocycles. The van der Waals surface area contributed by atoms with Gasteiger partial charge in [0.25, 0.3) is 10.2 Å². The van der Waals surface area contributed by atoms with E-state index in [4.69, 9.17) is 10.5 Å². The summed E-state index contributed by atoms with van der Waals surface area (Å²) in [7, 11) is -1.90. The maximum Gasteiger partial charge on any atom is 0.277 e. The zero-order valence-corrected chi connectivity index (χ0v) is 9.01. The first-order valence-electron chi connectivity index (χ1n) is 4.20. The van der Waals surface area contributed by atoms with Crippen LogP contribution in [0.15, 0.2) is 12.2 Å². The molecular formula is C7H17N3O3S. The molecule has 0 amide bonds. The lowest BCUT2D eigenvalue weighted by molar-refractivity contribution is 0.204. The first kappa shape index (κ1) is 13.5. The topological polar surface area (TPSA) is 93.4 Å². The Morgan fingerprint density at radius 2 is 2.07 bits per heavy atom. The SMILES string of the molecule is COCCNS(=O)(=O)NC/C=C/CN. The van der Waals surface area contributed by atoms with Crippen LogP contribution in [0.5, 0.6) is 0 Å². The number of hydrogen-bond donors (Lipinski definition) is 3. The molecule has 0 aliphatic rings. The van der Waals surface area contributed by atoms with Crippen LogP contribution in [0, 0.1) is 0 Å². The monoisotopic (exact) mass is 223 g/mol. The van der Waals surface area contributed by atoms with Crippen LogP contribution in [-0.4, -0.2) is 41.8 Å². The molecule has 7 heteroatoms. The van der Waals surface area contributed by atoms with E-state index in [1.807, 2.05) is 0 Å². The lowest BCUT2D eigenvalue weighted by Gasteiger charge is -2.05. The summed E-state index contributed by atoms with van der Waals surface area (Å²) in [6.07, 6.45) is 3.33. The van der Waals surface area contributed by atoms with Gasteiger partial charge in [0.1, 0.15) is 0 Å². The zero-order valence-electron chi connectivity index (χ0n) is 8.19. The molecule has 0 bridgehead atoms. The Labute approximate surface area is 84.7 Å². The van der Waals surface area contributed by atoms with Gasteiger partial charge in [-0.2, -0.15) is 17.9 Å². The lowest BCUT2D eigenvalue weighted by Crippen LogP contribution is -2.38. The predicted octanol–water partition coefficient (Wildman–Crippen LogP) is -1.43. The second-order valence-corrected chi connectivity index (χ2v) is 4.03. The standard InChI is InChI=1S/C7H17N3O3S/c1-13-7-6-10-14(11,12)9-5-3-2-4-8/h2-3,9-10H,4-8H2,1H3/b3-2+. The Kier molecular flexibility index (Phi) is 7.63. The summed E-state index contributed by atoms with van der Waals surface area (Å²) < 4.78 is 31.6. The van der Waals surface area contributed by atoms with Crippen molar-refractivity contribution in [1.82, 2.24) is 9.44 Å². The van der Waals surface area contributed by atoms with Gasteiger partial charge in [-0.25, -0.2) is 0 Å². The average Bonchev–Trinajstić information content (AvgIpc) is 2.13. The van der Waals surface area contributed by atoms with Gasteiger partial charge in [0.2, 0.25) is 0 Å². The van der Waals surface area contributed by atoms with Gasteiger partial charge in [0.05, 0.1) is 6.61 Å². The normalized spacial score (nSPS) is 12.4. The van der Waals surface area contributed by atoms with Crippen molar-refractivity contribution in [3.8, 4) is 0 Å². The minimum absolute atomic E-state index is 0.236. The van der Waals surface area contributed by atoms with Crippen molar-refractivity contribution in [2.45, 2.75) is 0 Å². The molecule has 14 heavy (non-hydrogen) atoms. The number of ether oxygens (including phenoxy) is 1. The van der Waals surface area contributed by atoms with Gasteiger partial charge in [-0.05, 0) is 0 Å². The molecule has 0 heterocycles. The van der Waals surface area contributed by atoms with Crippen LogP contribution >= 0.6 is 0 Å². The summed E-state index contributed by atoms with van der Waals surface area (Å²) in [4.78, 5) is 0. The second kappa shape index (κ2) is 7.89. The van der Waals surface area contributed by atoms with Gasteiger partial charge in [0, 0.05) is 26.7 Å². The number of rotatable bonds is 8. The van der Waals surface area contributed by atoms with Crippen LogP contribution in [0.25, 0.3) is 0 Å². The summed E-state index contributed by atoms with van der Waals surface area (Å²) in [5.74, 6) is 0. The molecule has 0 saturated carbocycles. The van der Waals surface area contributed by atoms with Crippen molar-refractivity contribution in [3.05, 3.63) is 12.2 Å². The molecule has 6 nitrogen and oxygen atoms in total. The quantitative estimate of drug-likeness (QED) is 0.347. The number of hydrogen-bond acceptors (Lipinski definition) is 4. The molecule has 4 N–H and O–H groups in total. The Balaban J connectivity index is 3.67. The third-order valence-electron chi connectivity index (χ3n) is 1.29. The van der Waals surface area contributed by atoms with Crippen LogP contribution in [-0.2, 0) is 14.9 Å². The Hall–Kier alpha value is -0.470. The molecule has 0 aliphatic heterocycles. The van der Waals surface area contributed by atoms with Gasteiger partial charge in [-0.1, -0.05) is 12.2 Å². The highest BCUT2D eigenvalue weighted by molar-refractivity contribution is 7.87. The average molecular weight is 223 g/mol. The first-order chi connectivity index (χ1) is 6.62. The molecule has 0 atom stereocenters. The molecular weight excluding hydrogens is 206 g/mol. The molecule has 0 spiro atoms. The van der Waals surface area contributed by atoms with E-state index in [2.05, 4.69) is 9.44 Å². The van der Waals surface area contributed by atoms with Crippen molar-refractivity contribution >= 4 is 10.2 Å². The molecule has 0 rings (SSSR count). The van der Waals surface area contributed by atoms with Gasteiger partial charge in [-0.15, -0.1) is 0 Å². The number of nitrogens with one attached hydrogen (secondary N) is 2. The van der Waals surface area contributed by atoms with Crippen molar-refractivity contribution in [2.75, 3.05) is 33.4 Å². The third kappa shape index (κ3) is 8.14. The summed E-state index contributed by atoms with van der Waals surface area (Å²) in [5, 5.41) is 0. The van der Waals surface area contributed by atoms with Crippen molar-refractivity contribution in [3.63, 3.8) is 0 Å². The molecule has 0 saturated heterocycles. The molecule has 0 aromatic rings. The minimum atomic E-state index is -3.41. The molecule has 0 fully saturated rings. The van der Waals surface area contributed by atoms with Crippen LogP contribution < -0.4 is 15.2 Å². The highest BCUT2D eigenvalue weighted by Crippen LogP contribution is 1.77. The van der Waals surface area contributed by atoms with E-state index in [0.29, 0.717) is 13.2 Å². The van der Waals surface area contributed by atoms with Crippen molar-refractivity contribution < 1.29 is 13.2 Å². The Morgan fingerprint density at radius 3 is 2.64 bits per heavy atom. The van der Waals surface area contributed by atoms with Crippen LogP contribution in [0.4, 0.5) is 0 Å². The Bertz CT molecular complexity index is 251. The molecule has 0 aromatic heterocycles. The fourth-order valence-electron chi connectivity index (χ4n) is 0.667. The summed E-state index contributed by atoms with van der Waals surface area (Å²) in [6.45, 7) is 1.24. The lowest BCUT2D eigenvalue weighted by atomic mass is 10.5. The van der Waals surface area contributed by atoms with Gasteiger partial charge >= 0.3 is 0 Å². The fourth-order valence-corrected chi connectivity index (χ4v) is 1.44. The van der Waals surface area contributed by atoms with E-state index in [0.717, 1.165) is 0 Å². The third-order valence-corrected chi connectivity index (χ3v) is 2.42. The maximum absolute atomic E-state index is 11.1. The largest absolute Gasteiger partial charge is 0.383 e. The van der Waals surface area contributed by atoms with E-state index < -0.39 is 10.2 Å². The van der Waals surface area contributed by atoms with Crippen molar-refractivity contribution in [1.29, 1.82) is 0 Å². The Morgan fingerprint density at radius 1 is 1.36 bits per heavy atom. The highest BCUT2D eigenvalue weighted by Gasteiger charge is 2.05. The van der Waals surface area contributed by atoms with E-state index in [1.165, 1.54) is 7.11 Å². The smallest absolute Gasteiger partial charge is 0.277 e. The van der Waals surface area contributed by atoms with E-state index in [9.17, 15) is 8.42 Å². The van der Waals surface area contributed by atoms with Crippen LogP contribution in [0.3, 0.4) is 0 Å². The highest BCUT2D eigenvalue weighted by atomic mass is 32.2. The predicted molar refractivity (Wildman–Crippen MR) is 55.0 cm³/mol. The summed E-state index contributed by atoms with van der Waals surface area (Å²) in [6, 6.07) is 0. The first-order valence-corrected chi connectivity index (χ1v) is 5.69. The van der Waals surface area contributed by atoms with E-state index >= 15 is 0 Å². The van der Waals surface area contributed by atoms with Gasteiger partial charge < -0.3 is 10.5 Å². The fraction of sp³-hybridized carbons (Fsp3) is 0.714. The maximum atomic E-state index is 11.1. The van der Waals surface area contributed by atoms with E-state index in [1.54, 1.807) is 12.2 Å².